The molecule has 1 aliphatic rings. The fraction of sp³-hybridized carbons (Fsp3) is 0.308. The number of aromatic nitrogens is 6. The van der Waals surface area contributed by atoms with Crippen molar-refractivity contribution in [2.45, 2.75) is 26.7 Å². The first kappa shape index (κ1) is 21.7. The second-order valence-corrected chi connectivity index (χ2v) is 8.82. The van der Waals surface area contributed by atoms with Crippen LogP contribution in [0.25, 0.3) is 39.0 Å². The Kier molecular flexibility index (Phi) is 5.41. The highest BCUT2D eigenvalue weighted by atomic mass is 19.1. The van der Waals surface area contributed by atoms with Gasteiger partial charge in [0.25, 0.3) is 0 Å². The molecule has 0 amide bonds. The Hall–Kier alpha value is -3.85. The molecule has 8 nitrogen and oxygen atoms in total. The Balaban J connectivity index is 1.67. The van der Waals surface area contributed by atoms with Crippen molar-refractivity contribution in [3.8, 4) is 17.1 Å². The predicted molar refractivity (Wildman–Crippen MR) is 133 cm³/mol. The van der Waals surface area contributed by atoms with Gasteiger partial charge in [0.2, 0.25) is 0 Å². The normalized spacial score (nSPS) is 14.3. The van der Waals surface area contributed by atoms with E-state index in [1.807, 2.05) is 13.0 Å². The maximum absolute atomic E-state index is 14.0. The van der Waals surface area contributed by atoms with Gasteiger partial charge in [-0.05, 0) is 43.7 Å². The van der Waals surface area contributed by atoms with E-state index in [-0.39, 0.29) is 5.82 Å². The van der Waals surface area contributed by atoms with Gasteiger partial charge in [0, 0.05) is 48.4 Å². The highest BCUT2D eigenvalue weighted by Gasteiger charge is 2.22. The first-order valence-electron chi connectivity index (χ1n) is 11.9. The van der Waals surface area contributed by atoms with Crippen LogP contribution < -0.4 is 4.90 Å². The molecule has 0 saturated carbocycles. The fourth-order valence-electron chi connectivity index (χ4n) is 4.82. The summed E-state index contributed by atoms with van der Waals surface area (Å²) in [7, 11) is 0. The lowest BCUT2D eigenvalue weighted by molar-refractivity contribution is 0.122. The summed E-state index contributed by atoms with van der Waals surface area (Å²) in [6.45, 7) is 7.04. The van der Waals surface area contributed by atoms with Gasteiger partial charge in [-0.25, -0.2) is 9.37 Å². The molecule has 4 heterocycles. The molecule has 0 bridgehead atoms. The molecule has 0 unspecified atom stereocenters. The number of hydrogen-bond acceptors (Lipinski definition) is 6. The lowest BCUT2D eigenvalue weighted by Crippen LogP contribution is -2.36. The molecule has 9 heteroatoms. The van der Waals surface area contributed by atoms with Crippen LogP contribution in [0.2, 0.25) is 0 Å². The third-order valence-electron chi connectivity index (χ3n) is 6.44. The largest absolute Gasteiger partial charge is 0.378 e. The minimum atomic E-state index is -0.302. The predicted octanol–water partition coefficient (Wildman–Crippen LogP) is 4.60. The molecule has 1 fully saturated rings. The number of nitrogens with one attached hydrogen (secondary N) is 1. The van der Waals surface area contributed by atoms with Gasteiger partial charge in [-0.1, -0.05) is 6.92 Å². The highest BCUT2D eigenvalue weighted by Crippen LogP contribution is 2.36. The number of benzene rings is 2. The smallest absolute Gasteiger partial charge is 0.163 e. The zero-order chi connectivity index (χ0) is 23.9. The minimum absolute atomic E-state index is 0.302. The van der Waals surface area contributed by atoms with Crippen molar-refractivity contribution in [2.24, 2.45) is 0 Å². The summed E-state index contributed by atoms with van der Waals surface area (Å²) in [6, 6.07) is 11.0. The Bertz CT molecular complexity index is 1530. The van der Waals surface area contributed by atoms with E-state index < -0.39 is 0 Å². The van der Waals surface area contributed by atoms with Crippen LogP contribution in [0.3, 0.4) is 0 Å². The molecule has 1 N–H and O–H groups in total. The molecule has 1 aliphatic heterocycles. The Morgan fingerprint density at radius 2 is 1.94 bits per heavy atom. The van der Waals surface area contributed by atoms with Crippen molar-refractivity contribution >= 4 is 27.6 Å². The lowest BCUT2D eigenvalue weighted by atomic mass is 10.1. The number of aryl methyl sites for hydroxylation is 2. The lowest BCUT2D eigenvalue weighted by Gasteiger charge is -2.29. The SMILES string of the molecule is CCCc1nc2c(-c3nnc(C)[nH]3)cc(N3CCOCC3)cc2n1-c1ccnc2cc(F)ccc12. The minimum Gasteiger partial charge on any atom is -0.378 e. The van der Waals surface area contributed by atoms with Gasteiger partial charge >= 0.3 is 0 Å². The zero-order valence-corrected chi connectivity index (χ0v) is 19.8. The molecule has 35 heavy (non-hydrogen) atoms. The quantitative estimate of drug-likeness (QED) is 0.403. The van der Waals surface area contributed by atoms with Crippen molar-refractivity contribution in [1.82, 2.24) is 29.7 Å². The summed E-state index contributed by atoms with van der Waals surface area (Å²) in [5, 5.41) is 9.46. The molecule has 1 saturated heterocycles. The molecule has 2 aromatic carbocycles. The van der Waals surface area contributed by atoms with Crippen LogP contribution in [-0.4, -0.2) is 56.0 Å². The average molecular weight is 472 g/mol. The molecule has 5 aromatic rings. The number of hydrogen-bond donors (Lipinski definition) is 1. The average Bonchev–Trinajstić information content (AvgIpc) is 3.47. The van der Waals surface area contributed by atoms with Crippen molar-refractivity contribution in [2.75, 3.05) is 31.2 Å². The first-order chi connectivity index (χ1) is 17.1. The summed E-state index contributed by atoms with van der Waals surface area (Å²) in [5.41, 5.74) is 5.36. The molecular weight excluding hydrogens is 445 g/mol. The van der Waals surface area contributed by atoms with Crippen molar-refractivity contribution in [1.29, 1.82) is 0 Å². The van der Waals surface area contributed by atoms with Gasteiger partial charge in [-0.15, -0.1) is 10.2 Å². The number of imidazole rings is 1. The van der Waals surface area contributed by atoms with Crippen molar-refractivity contribution in [3.05, 3.63) is 60.1 Å². The van der Waals surface area contributed by atoms with E-state index in [1.54, 1.807) is 12.3 Å². The van der Waals surface area contributed by atoms with Crippen LogP contribution in [-0.2, 0) is 11.2 Å². The second-order valence-electron chi connectivity index (χ2n) is 8.82. The van der Waals surface area contributed by atoms with Crippen LogP contribution in [0.4, 0.5) is 10.1 Å². The van der Waals surface area contributed by atoms with Crippen LogP contribution >= 0.6 is 0 Å². The molecule has 3 aromatic heterocycles. The highest BCUT2D eigenvalue weighted by molar-refractivity contribution is 5.97. The third kappa shape index (κ3) is 3.81. The van der Waals surface area contributed by atoms with Gasteiger partial charge in [0.1, 0.15) is 23.0 Å². The van der Waals surface area contributed by atoms with Crippen LogP contribution in [0.15, 0.2) is 42.6 Å². The number of aromatic amines is 1. The molecule has 0 atom stereocenters. The molecule has 0 spiro atoms. The topological polar surface area (TPSA) is 84.8 Å². The van der Waals surface area contributed by atoms with E-state index in [9.17, 15) is 4.39 Å². The Morgan fingerprint density at radius 3 is 2.71 bits per heavy atom. The zero-order valence-electron chi connectivity index (χ0n) is 19.8. The van der Waals surface area contributed by atoms with Crippen molar-refractivity contribution < 1.29 is 9.13 Å². The van der Waals surface area contributed by atoms with Gasteiger partial charge in [-0.2, -0.15) is 0 Å². The van der Waals surface area contributed by atoms with E-state index in [4.69, 9.17) is 9.72 Å². The molecular formula is C26H26FN7O. The van der Waals surface area contributed by atoms with Crippen molar-refractivity contribution in [3.63, 3.8) is 0 Å². The van der Waals surface area contributed by atoms with Gasteiger partial charge in [0.15, 0.2) is 5.82 Å². The Morgan fingerprint density at radius 1 is 1.09 bits per heavy atom. The number of rotatable bonds is 5. The first-order valence-corrected chi connectivity index (χ1v) is 11.9. The summed E-state index contributed by atoms with van der Waals surface area (Å²) < 4.78 is 21.8. The van der Waals surface area contributed by atoms with Gasteiger partial charge in [0.05, 0.1) is 29.9 Å². The second kappa shape index (κ2) is 8.74. The number of nitrogens with zero attached hydrogens (tertiary/aromatic N) is 6. The van der Waals surface area contributed by atoms with E-state index in [1.165, 1.54) is 12.1 Å². The van der Waals surface area contributed by atoms with E-state index in [0.29, 0.717) is 24.6 Å². The maximum Gasteiger partial charge on any atom is 0.163 e. The van der Waals surface area contributed by atoms with Gasteiger partial charge in [-0.3, -0.25) is 9.55 Å². The van der Waals surface area contributed by atoms with Crippen LogP contribution in [0.5, 0.6) is 0 Å². The Labute approximate surface area is 201 Å². The van der Waals surface area contributed by atoms with Crippen LogP contribution in [0, 0.1) is 12.7 Å². The number of pyridine rings is 1. The molecule has 178 valence electrons. The number of morpholine rings is 1. The fourth-order valence-corrected chi connectivity index (χ4v) is 4.82. The third-order valence-corrected chi connectivity index (χ3v) is 6.44. The summed E-state index contributed by atoms with van der Waals surface area (Å²) in [6.07, 6.45) is 3.46. The monoisotopic (exact) mass is 471 g/mol. The summed E-state index contributed by atoms with van der Waals surface area (Å²) >= 11 is 0. The number of anilines is 1. The molecule has 0 aliphatic carbocycles. The standard InChI is InChI=1S/C26H26FN7O/c1-3-4-24-30-25-20(26-29-16(2)31-32-26)14-18(33-9-11-35-12-10-33)15-23(25)34(24)22-7-8-28-21-13-17(27)5-6-19(21)22/h5-8,13-15H,3-4,9-12H2,1-2H3,(H,29,31,32). The number of halogens is 1. The van der Waals surface area contributed by atoms with Gasteiger partial charge < -0.3 is 14.6 Å². The van der Waals surface area contributed by atoms with E-state index in [2.05, 4.69) is 48.7 Å². The summed E-state index contributed by atoms with van der Waals surface area (Å²) in [5.74, 6) is 2.08. The molecule has 0 radical (unpaired) electrons. The summed E-state index contributed by atoms with van der Waals surface area (Å²) in [4.78, 5) is 15.1. The number of fused-ring (bicyclic) bond motifs is 2. The maximum atomic E-state index is 14.0. The number of H-pyrrole nitrogens is 1. The van der Waals surface area contributed by atoms with E-state index >= 15 is 0 Å². The number of ether oxygens (including phenoxy) is 1. The molecule has 6 rings (SSSR count). The van der Waals surface area contributed by atoms with Crippen LogP contribution in [0.1, 0.15) is 25.0 Å². The van der Waals surface area contributed by atoms with E-state index in [0.717, 1.165) is 70.9 Å².